The van der Waals surface area contributed by atoms with Crippen LogP contribution in [-0.4, -0.2) is 24.5 Å². The van der Waals surface area contributed by atoms with Crippen molar-refractivity contribution >= 4 is 0 Å². The van der Waals surface area contributed by atoms with Crippen LogP contribution < -0.4 is 5.73 Å². The van der Waals surface area contributed by atoms with E-state index < -0.39 is 0 Å². The van der Waals surface area contributed by atoms with Gasteiger partial charge in [-0.15, -0.1) is 0 Å². The molecule has 0 spiro atoms. The minimum atomic E-state index is 0.257. The molecule has 1 aromatic rings. The molecular formula is C12H20N2O. The van der Waals surface area contributed by atoms with Crippen LogP contribution in [0.15, 0.2) is 22.8 Å². The average Bonchev–Trinajstić information content (AvgIpc) is 2.80. The molecular weight excluding hydrogens is 188 g/mol. The molecule has 3 atom stereocenters. The highest BCUT2D eigenvalue weighted by Gasteiger charge is 2.32. The van der Waals surface area contributed by atoms with E-state index >= 15 is 0 Å². The van der Waals surface area contributed by atoms with Crippen LogP contribution in [-0.2, 0) is 0 Å². The lowest BCUT2D eigenvalue weighted by Crippen LogP contribution is -2.31. The van der Waals surface area contributed by atoms with Crippen molar-refractivity contribution in [2.24, 2.45) is 17.6 Å². The van der Waals surface area contributed by atoms with Gasteiger partial charge in [-0.05, 0) is 24.0 Å². The molecule has 1 aliphatic rings. The Balaban J connectivity index is 2.08. The number of nitrogens with two attached hydrogens (primary N) is 1. The second kappa shape index (κ2) is 4.37. The van der Waals surface area contributed by atoms with Crippen molar-refractivity contribution in [3.8, 4) is 0 Å². The van der Waals surface area contributed by atoms with Gasteiger partial charge in [0, 0.05) is 19.6 Å². The standard InChI is InChI=1S/C12H20N2O/c1-9-7-14(8-10(9)2)11(6-13)12-4-3-5-15-12/h3-5,9-11H,6-8,13H2,1-2H3. The number of furan rings is 1. The summed E-state index contributed by atoms with van der Waals surface area (Å²) in [6, 6.07) is 4.21. The minimum absolute atomic E-state index is 0.257. The molecule has 2 rings (SSSR count). The third-order valence-corrected chi connectivity index (χ3v) is 3.55. The van der Waals surface area contributed by atoms with E-state index in [0.29, 0.717) is 6.54 Å². The predicted molar refractivity (Wildman–Crippen MR) is 60.4 cm³/mol. The zero-order valence-corrected chi connectivity index (χ0v) is 9.52. The van der Waals surface area contributed by atoms with Crippen LogP contribution >= 0.6 is 0 Å². The smallest absolute Gasteiger partial charge is 0.122 e. The van der Waals surface area contributed by atoms with Crippen LogP contribution in [0.1, 0.15) is 25.6 Å². The summed E-state index contributed by atoms with van der Waals surface area (Å²) < 4.78 is 5.45. The Morgan fingerprint density at radius 2 is 2.13 bits per heavy atom. The van der Waals surface area contributed by atoms with E-state index in [4.69, 9.17) is 10.2 Å². The molecule has 0 bridgehead atoms. The molecule has 0 amide bonds. The maximum atomic E-state index is 5.83. The molecule has 2 N–H and O–H groups in total. The molecule has 0 radical (unpaired) electrons. The van der Waals surface area contributed by atoms with Gasteiger partial charge < -0.3 is 10.2 Å². The van der Waals surface area contributed by atoms with Crippen LogP contribution in [0.3, 0.4) is 0 Å². The topological polar surface area (TPSA) is 42.4 Å². The normalized spacial score (nSPS) is 29.5. The number of nitrogens with zero attached hydrogens (tertiary/aromatic N) is 1. The van der Waals surface area contributed by atoms with Crippen molar-refractivity contribution in [3.63, 3.8) is 0 Å². The molecule has 1 aromatic heterocycles. The Morgan fingerprint density at radius 3 is 2.60 bits per heavy atom. The van der Waals surface area contributed by atoms with Gasteiger partial charge in [0.2, 0.25) is 0 Å². The first-order chi connectivity index (χ1) is 7.22. The van der Waals surface area contributed by atoms with Crippen molar-refractivity contribution in [2.75, 3.05) is 19.6 Å². The highest BCUT2D eigenvalue weighted by Crippen LogP contribution is 2.30. The van der Waals surface area contributed by atoms with Gasteiger partial charge in [0.15, 0.2) is 0 Å². The quantitative estimate of drug-likeness (QED) is 0.824. The van der Waals surface area contributed by atoms with Crippen molar-refractivity contribution in [2.45, 2.75) is 19.9 Å². The maximum absolute atomic E-state index is 5.83. The number of hydrogen-bond donors (Lipinski definition) is 1. The summed E-state index contributed by atoms with van der Waals surface area (Å²) in [6.07, 6.45) is 1.72. The summed E-state index contributed by atoms with van der Waals surface area (Å²) in [5, 5.41) is 0. The second-order valence-corrected chi connectivity index (χ2v) is 4.68. The fraction of sp³-hybridized carbons (Fsp3) is 0.667. The monoisotopic (exact) mass is 208 g/mol. The van der Waals surface area contributed by atoms with Gasteiger partial charge in [0.05, 0.1) is 12.3 Å². The van der Waals surface area contributed by atoms with Crippen molar-refractivity contribution in [1.82, 2.24) is 4.90 Å². The van der Waals surface area contributed by atoms with Gasteiger partial charge in [0.25, 0.3) is 0 Å². The van der Waals surface area contributed by atoms with Crippen LogP contribution in [0.25, 0.3) is 0 Å². The van der Waals surface area contributed by atoms with E-state index in [2.05, 4.69) is 18.7 Å². The Bertz CT molecular complexity index is 287. The summed E-state index contributed by atoms with van der Waals surface area (Å²) in [6.45, 7) is 7.50. The first-order valence-electron chi connectivity index (χ1n) is 5.70. The second-order valence-electron chi connectivity index (χ2n) is 4.68. The Morgan fingerprint density at radius 1 is 1.47 bits per heavy atom. The molecule has 15 heavy (non-hydrogen) atoms. The Kier molecular flexibility index (Phi) is 3.12. The summed E-state index contributed by atoms with van der Waals surface area (Å²) >= 11 is 0. The van der Waals surface area contributed by atoms with E-state index in [0.717, 1.165) is 30.7 Å². The third kappa shape index (κ3) is 2.08. The predicted octanol–water partition coefficient (Wildman–Crippen LogP) is 1.87. The van der Waals surface area contributed by atoms with Crippen molar-refractivity contribution < 1.29 is 4.42 Å². The van der Waals surface area contributed by atoms with Crippen molar-refractivity contribution in [3.05, 3.63) is 24.2 Å². The van der Waals surface area contributed by atoms with Gasteiger partial charge in [-0.25, -0.2) is 0 Å². The van der Waals surface area contributed by atoms with E-state index in [1.807, 2.05) is 12.1 Å². The largest absolute Gasteiger partial charge is 0.468 e. The molecule has 3 heteroatoms. The molecule has 0 aromatic carbocycles. The number of rotatable bonds is 3. The van der Waals surface area contributed by atoms with E-state index in [9.17, 15) is 0 Å². The van der Waals surface area contributed by atoms with E-state index in [-0.39, 0.29) is 6.04 Å². The van der Waals surface area contributed by atoms with Gasteiger partial charge in [-0.1, -0.05) is 13.8 Å². The van der Waals surface area contributed by atoms with Crippen molar-refractivity contribution in [1.29, 1.82) is 0 Å². The first-order valence-corrected chi connectivity index (χ1v) is 5.70. The lowest BCUT2D eigenvalue weighted by Gasteiger charge is -2.24. The van der Waals surface area contributed by atoms with E-state index in [1.54, 1.807) is 6.26 Å². The lowest BCUT2D eigenvalue weighted by atomic mass is 10.0. The number of hydrogen-bond acceptors (Lipinski definition) is 3. The molecule has 1 aliphatic heterocycles. The molecule has 3 unspecified atom stereocenters. The molecule has 84 valence electrons. The molecule has 2 heterocycles. The molecule has 1 fully saturated rings. The summed E-state index contributed by atoms with van der Waals surface area (Å²) in [7, 11) is 0. The lowest BCUT2D eigenvalue weighted by molar-refractivity contribution is 0.211. The van der Waals surface area contributed by atoms with Gasteiger partial charge >= 0.3 is 0 Å². The summed E-state index contributed by atoms with van der Waals surface area (Å²) in [5.41, 5.74) is 5.83. The Labute approximate surface area is 91.2 Å². The summed E-state index contributed by atoms with van der Waals surface area (Å²) in [5.74, 6) is 2.52. The zero-order chi connectivity index (χ0) is 10.8. The van der Waals surface area contributed by atoms with E-state index in [1.165, 1.54) is 0 Å². The molecule has 3 nitrogen and oxygen atoms in total. The van der Waals surface area contributed by atoms with Gasteiger partial charge in [-0.2, -0.15) is 0 Å². The van der Waals surface area contributed by atoms with Crippen LogP contribution in [0.4, 0.5) is 0 Å². The Hall–Kier alpha value is -0.800. The molecule has 0 aliphatic carbocycles. The average molecular weight is 208 g/mol. The van der Waals surface area contributed by atoms with Gasteiger partial charge in [-0.3, -0.25) is 4.90 Å². The third-order valence-electron chi connectivity index (χ3n) is 3.55. The van der Waals surface area contributed by atoms with Crippen LogP contribution in [0.5, 0.6) is 0 Å². The maximum Gasteiger partial charge on any atom is 0.122 e. The molecule has 1 saturated heterocycles. The van der Waals surface area contributed by atoms with Gasteiger partial charge in [0.1, 0.15) is 5.76 Å². The SMILES string of the molecule is CC1CN(C(CN)c2ccco2)CC1C. The molecule has 0 saturated carbocycles. The van der Waals surface area contributed by atoms with Crippen LogP contribution in [0, 0.1) is 11.8 Å². The summed E-state index contributed by atoms with van der Waals surface area (Å²) in [4.78, 5) is 2.44. The fourth-order valence-corrected chi connectivity index (χ4v) is 2.35. The highest BCUT2D eigenvalue weighted by molar-refractivity contribution is 5.06. The minimum Gasteiger partial charge on any atom is -0.468 e. The first kappa shape index (κ1) is 10.7. The zero-order valence-electron chi connectivity index (χ0n) is 9.52. The van der Waals surface area contributed by atoms with Crippen LogP contribution in [0.2, 0.25) is 0 Å². The number of likely N-dealkylation sites (tertiary alicyclic amines) is 1. The fourth-order valence-electron chi connectivity index (χ4n) is 2.35. The highest BCUT2D eigenvalue weighted by atomic mass is 16.3.